The number of ether oxygens (including phenoxy) is 1. The second-order valence-corrected chi connectivity index (χ2v) is 5.40. The number of fused-ring (bicyclic) bond motifs is 1. The molecule has 1 aliphatic rings. The zero-order valence-corrected chi connectivity index (χ0v) is 14.8. The van der Waals surface area contributed by atoms with Crippen LogP contribution in [0, 0.1) is 0 Å². The highest BCUT2D eigenvalue weighted by Gasteiger charge is 2.14. The highest BCUT2D eigenvalue weighted by Crippen LogP contribution is 2.16. The minimum atomic E-state index is 0. The molecule has 0 aromatic heterocycles. The van der Waals surface area contributed by atoms with E-state index in [9.17, 15) is 0 Å². The third-order valence-corrected chi connectivity index (χ3v) is 3.78. The molecule has 1 aliphatic heterocycles. The maximum atomic E-state index is 5.90. The minimum absolute atomic E-state index is 0. The van der Waals surface area contributed by atoms with E-state index >= 15 is 0 Å². The molecule has 1 atom stereocenters. The summed E-state index contributed by atoms with van der Waals surface area (Å²) in [5.41, 5.74) is 7.06. The van der Waals surface area contributed by atoms with E-state index in [0.717, 1.165) is 31.6 Å². The Balaban J connectivity index is 0.00000176. The molecule has 0 aliphatic carbocycles. The van der Waals surface area contributed by atoms with Crippen molar-refractivity contribution in [3.8, 4) is 0 Å². The molecular weight excluding hydrogens is 389 g/mol. The third-order valence-electron chi connectivity index (χ3n) is 3.78. The summed E-state index contributed by atoms with van der Waals surface area (Å²) in [6.45, 7) is 2.20. The van der Waals surface area contributed by atoms with Crippen LogP contribution in [0.1, 0.15) is 18.4 Å². The summed E-state index contributed by atoms with van der Waals surface area (Å²) < 4.78 is 5.54. The van der Waals surface area contributed by atoms with E-state index in [2.05, 4.69) is 40.6 Å². The number of halogens is 1. The Morgan fingerprint density at radius 3 is 2.82 bits per heavy atom. The molecule has 0 radical (unpaired) electrons. The highest BCUT2D eigenvalue weighted by molar-refractivity contribution is 14.0. The van der Waals surface area contributed by atoms with Gasteiger partial charge in [-0.3, -0.25) is 0 Å². The van der Waals surface area contributed by atoms with Crippen LogP contribution in [-0.2, 0) is 11.3 Å². The van der Waals surface area contributed by atoms with Crippen LogP contribution in [0.25, 0.3) is 10.8 Å². The van der Waals surface area contributed by atoms with Gasteiger partial charge in [0, 0.05) is 13.2 Å². The molecule has 3 N–H and O–H groups in total. The molecule has 2 aromatic carbocycles. The van der Waals surface area contributed by atoms with Gasteiger partial charge in [-0.25, -0.2) is 4.99 Å². The molecule has 0 saturated carbocycles. The van der Waals surface area contributed by atoms with Crippen molar-refractivity contribution in [2.24, 2.45) is 10.7 Å². The summed E-state index contributed by atoms with van der Waals surface area (Å²) in [7, 11) is 0. The van der Waals surface area contributed by atoms with E-state index < -0.39 is 0 Å². The molecule has 1 unspecified atom stereocenters. The van der Waals surface area contributed by atoms with Gasteiger partial charge in [0.1, 0.15) is 0 Å². The number of aliphatic imine (C=N–C) groups is 1. The van der Waals surface area contributed by atoms with Crippen molar-refractivity contribution in [2.45, 2.75) is 25.5 Å². The molecule has 0 bridgehead atoms. The predicted octanol–water partition coefficient (Wildman–Crippen LogP) is 3.04. The topological polar surface area (TPSA) is 59.6 Å². The number of rotatable bonds is 4. The molecule has 22 heavy (non-hydrogen) atoms. The highest BCUT2D eigenvalue weighted by atomic mass is 127. The van der Waals surface area contributed by atoms with Crippen molar-refractivity contribution in [1.29, 1.82) is 0 Å². The molecule has 0 spiro atoms. The van der Waals surface area contributed by atoms with Gasteiger partial charge in [-0.2, -0.15) is 0 Å². The van der Waals surface area contributed by atoms with E-state index in [0.29, 0.717) is 12.5 Å². The molecule has 0 amide bonds. The molecular formula is C17H22IN3O. The van der Waals surface area contributed by atoms with E-state index in [1.807, 2.05) is 12.1 Å². The second-order valence-electron chi connectivity index (χ2n) is 5.40. The standard InChI is InChI=1S/C17H21N3O.HI/c18-17(20-12-16-6-3-9-21-16)19-11-13-7-8-14-4-1-2-5-15(14)10-13;/h1-2,4-5,7-8,10,16H,3,6,9,11-12H2,(H3,18,19,20);1H. The number of nitrogens with two attached hydrogens (primary N) is 1. The van der Waals surface area contributed by atoms with Crippen molar-refractivity contribution in [3.63, 3.8) is 0 Å². The van der Waals surface area contributed by atoms with E-state index in [1.54, 1.807) is 0 Å². The number of nitrogens with one attached hydrogen (secondary N) is 1. The summed E-state index contributed by atoms with van der Waals surface area (Å²) in [6, 6.07) is 14.7. The van der Waals surface area contributed by atoms with Gasteiger partial charge < -0.3 is 15.8 Å². The lowest BCUT2D eigenvalue weighted by Crippen LogP contribution is -2.37. The van der Waals surface area contributed by atoms with Crippen LogP contribution in [0.2, 0.25) is 0 Å². The van der Waals surface area contributed by atoms with Crippen molar-refractivity contribution in [3.05, 3.63) is 48.0 Å². The lowest BCUT2D eigenvalue weighted by atomic mass is 10.1. The second kappa shape index (κ2) is 8.33. The van der Waals surface area contributed by atoms with Crippen molar-refractivity contribution >= 4 is 40.7 Å². The maximum absolute atomic E-state index is 5.90. The summed E-state index contributed by atoms with van der Waals surface area (Å²) in [5.74, 6) is 0.485. The lowest BCUT2D eigenvalue weighted by molar-refractivity contribution is 0.114. The Hall–Kier alpha value is -1.34. The SMILES string of the molecule is I.NC(=NCc1ccc2ccccc2c1)NCC1CCCO1. The predicted molar refractivity (Wildman–Crippen MR) is 102 cm³/mol. The van der Waals surface area contributed by atoms with Gasteiger partial charge in [-0.1, -0.05) is 36.4 Å². The quantitative estimate of drug-likeness (QED) is 0.462. The van der Waals surface area contributed by atoms with Gasteiger partial charge in [0.25, 0.3) is 0 Å². The first kappa shape index (κ1) is 17.0. The first-order valence-corrected chi connectivity index (χ1v) is 7.44. The Labute approximate surface area is 148 Å². The smallest absolute Gasteiger partial charge is 0.189 e. The van der Waals surface area contributed by atoms with Crippen LogP contribution in [0.3, 0.4) is 0 Å². The number of benzene rings is 2. The molecule has 2 aromatic rings. The number of guanidine groups is 1. The molecule has 1 fully saturated rings. The minimum Gasteiger partial charge on any atom is -0.376 e. The maximum Gasteiger partial charge on any atom is 0.189 e. The lowest BCUT2D eigenvalue weighted by Gasteiger charge is -2.11. The Kier molecular flexibility index (Phi) is 6.45. The van der Waals surface area contributed by atoms with Gasteiger partial charge in [-0.05, 0) is 35.2 Å². The zero-order valence-electron chi connectivity index (χ0n) is 12.5. The van der Waals surface area contributed by atoms with Crippen LogP contribution in [0.15, 0.2) is 47.5 Å². The normalized spacial score (nSPS) is 18.2. The van der Waals surface area contributed by atoms with Crippen LogP contribution < -0.4 is 11.1 Å². The largest absolute Gasteiger partial charge is 0.376 e. The monoisotopic (exact) mass is 411 g/mol. The first-order chi connectivity index (χ1) is 10.3. The molecule has 1 heterocycles. The number of nitrogens with zero attached hydrogens (tertiary/aromatic N) is 1. The van der Waals surface area contributed by atoms with Gasteiger partial charge in [0.05, 0.1) is 12.6 Å². The Bertz CT molecular complexity index is 639. The summed E-state index contributed by atoms with van der Waals surface area (Å²) >= 11 is 0. The summed E-state index contributed by atoms with van der Waals surface area (Å²) in [5, 5.41) is 5.61. The fourth-order valence-corrected chi connectivity index (χ4v) is 2.59. The fourth-order valence-electron chi connectivity index (χ4n) is 2.59. The van der Waals surface area contributed by atoms with E-state index in [4.69, 9.17) is 10.5 Å². The molecule has 3 rings (SSSR count). The molecule has 4 nitrogen and oxygen atoms in total. The molecule has 118 valence electrons. The van der Waals surface area contributed by atoms with Gasteiger partial charge >= 0.3 is 0 Å². The first-order valence-electron chi connectivity index (χ1n) is 7.44. The van der Waals surface area contributed by atoms with Crippen molar-refractivity contribution < 1.29 is 4.74 Å². The molecule has 1 saturated heterocycles. The third kappa shape index (κ3) is 4.58. The molecule has 5 heteroatoms. The Morgan fingerprint density at radius 1 is 1.23 bits per heavy atom. The van der Waals surface area contributed by atoms with E-state index in [1.165, 1.54) is 10.8 Å². The van der Waals surface area contributed by atoms with Crippen LogP contribution >= 0.6 is 24.0 Å². The van der Waals surface area contributed by atoms with Crippen LogP contribution in [-0.4, -0.2) is 25.2 Å². The van der Waals surface area contributed by atoms with Crippen LogP contribution in [0.4, 0.5) is 0 Å². The Morgan fingerprint density at radius 2 is 2.05 bits per heavy atom. The van der Waals surface area contributed by atoms with Gasteiger partial charge in [-0.15, -0.1) is 24.0 Å². The number of hydrogen-bond acceptors (Lipinski definition) is 2. The fraction of sp³-hybridized carbons (Fsp3) is 0.353. The van der Waals surface area contributed by atoms with Gasteiger partial charge in [0.2, 0.25) is 0 Å². The van der Waals surface area contributed by atoms with Crippen molar-refractivity contribution in [1.82, 2.24) is 5.32 Å². The van der Waals surface area contributed by atoms with E-state index in [-0.39, 0.29) is 30.1 Å². The zero-order chi connectivity index (χ0) is 14.5. The van der Waals surface area contributed by atoms with Crippen LogP contribution in [0.5, 0.6) is 0 Å². The van der Waals surface area contributed by atoms with Gasteiger partial charge in [0.15, 0.2) is 5.96 Å². The summed E-state index contributed by atoms with van der Waals surface area (Å²) in [6.07, 6.45) is 2.52. The number of hydrogen-bond donors (Lipinski definition) is 2. The van der Waals surface area contributed by atoms with Crippen molar-refractivity contribution in [2.75, 3.05) is 13.2 Å². The average molecular weight is 411 g/mol. The average Bonchev–Trinajstić information content (AvgIpc) is 3.04. The summed E-state index contributed by atoms with van der Waals surface area (Å²) in [4.78, 5) is 4.39.